The second kappa shape index (κ2) is 22.9. The Hall–Kier alpha value is -5.68. The summed E-state index contributed by atoms with van der Waals surface area (Å²) in [4.78, 5) is 73.6. The number of anilines is 1. The van der Waals surface area contributed by atoms with E-state index in [0.29, 0.717) is 46.5 Å². The number of carbonyl (C=O) groups excluding carboxylic acids is 4. The summed E-state index contributed by atoms with van der Waals surface area (Å²) in [5, 5.41) is 39.8. The normalized spacial score (nSPS) is 23.4. The Kier molecular flexibility index (Phi) is 16.9. The number of β-amino-alcohol motifs (C(OH)–C–C–N with tert-alkyl or cyclic N) is 1. The summed E-state index contributed by atoms with van der Waals surface area (Å²) >= 11 is 7.81. The lowest BCUT2D eigenvalue weighted by molar-refractivity contribution is -0.164. The number of thiazole rings is 1. The monoisotopic (exact) mass is 1060 g/mol. The summed E-state index contributed by atoms with van der Waals surface area (Å²) in [7, 11) is 0. The number of benzene rings is 2. The Morgan fingerprint density at radius 2 is 1.65 bits per heavy atom. The number of ether oxygens (including phenoxy) is 1. The first kappa shape index (κ1) is 55.5. The Balaban J connectivity index is 0.761. The highest BCUT2D eigenvalue weighted by atomic mass is 35.5. The molecule has 4 fully saturated rings. The van der Waals surface area contributed by atoms with E-state index in [0.717, 1.165) is 67.5 Å². The van der Waals surface area contributed by atoms with Gasteiger partial charge in [0.1, 0.15) is 35.8 Å². The molecule has 4 aromatic rings. The first-order valence-corrected chi connectivity index (χ1v) is 27.4. The van der Waals surface area contributed by atoms with Gasteiger partial charge in [0.25, 0.3) is 5.91 Å². The van der Waals surface area contributed by atoms with Crippen molar-refractivity contribution in [3.8, 4) is 22.3 Å². The van der Waals surface area contributed by atoms with Gasteiger partial charge in [-0.2, -0.15) is 5.26 Å². The molecule has 0 radical (unpaired) electrons. The molecule has 3 aliphatic heterocycles. The second-order valence-electron chi connectivity index (χ2n) is 23.1. The van der Waals surface area contributed by atoms with Crippen molar-refractivity contribution < 1.29 is 34.1 Å². The number of hydrogen-bond donors (Lipinski definition) is 5. The molecule has 402 valence electrons. The van der Waals surface area contributed by atoms with Crippen LogP contribution in [0.5, 0.6) is 5.75 Å². The molecule has 4 amide bonds. The zero-order valence-corrected chi connectivity index (χ0v) is 46.0. The van der Waals surface area contributed by atoms with E-state index in [1.165, 1.54) is 16.2 Å². The number of rotatable bonds is 17. The van der Waals surface area contributed by atoms with E-state index >= 15 is 0 Å². The fourth-order valence-corrected chi connectivity index (χ4v) is 12.8. The number of halogens is 1. The minimum absolute atomic E-state index is 0.0407. The quantitative estimate of drug-likeness (QED) is 0.0843. The molecule has 5 heterocycles. The van der Waals surface area contributed by atoms with Crippen molar-refractivity contribution in [3.05, 3.63) is 93.7 Å². The van der Waals surface area contributed by atoms with E-state index in [1.807, 2.05) is 64.1 Å². The van der Waals surface area contributed by atoms with Crippen LogP contribution in [0.3, 0.4) is 0 Å². The fraction of sp³-hybridized carbons (Fsp3) is 0.554. The van der Waals surface area contributed by atoms with Crippen LogP contribution < -0.4 is 25.6 Å². The highest BCUT2D eigenvalue weighted by molar-refractivity contribution is 7.13. The van der Waals surface area contributed by atoms with Crippen molar-refractivity contribution in [1.29, 1.82) is 5.26 Å². The van der Waals surface area contributed by atoms with Crippen molar-refractivity contribution in [3.63, 3.8) is 0 Å². The smallest absolute Gasteiger partial charge is 0.253 e. The number of likely N-dealkylation sites (tertiary alicyclic amines) is 1. The number of piperazine rings is 1. The number of aliphatic hydroxyl groups excluding tert-OH is 2. The molecule has 0 spiro atoms. The number of aromatic nitrogens is 2. The third-order valence-corrected chi connectivity index (χ3v) is 17.1. The number of pyridine rings is 1. The molecule has 1 saturated carbocycles. The second-order valence-corrected chi connectivity index (χ2v) is 24.4. The molecule has 19 heteroatoms. The molecule has 2 unspecified atom stereocenters. The van der Waals surface area contributed by atoms with Crippen LogP contribution in [0.4, 0.5) is 5.82 Å². The number of nitrogens with zero attached hydrogens (tertiary/aromatic N) is 7. The van der Waals surface area contributed by atoms with Gasteiger partial charge < -0.3 is 45.6 Å². The van der Waals surface area contributed by atoms with Crippen LogP contribution in [0.25, 0.3) is 10.4 Å². The largest absolute Gasteiger partial charge is 0.489 e. The van der Waals surface area contributed by atoms with Crippen LogP contribution in [0, 0.1) is 40.4 Å². The van der Waals surface area contributed by atoms with Gasteiger partial charge in [-0.15, -0.1) is 11.3 Å². The van der Waals surface area contributed by atoms with E-state index < -0.39 is 41.5 Å². The van der Waals surface area contributed by atoms with Gasteiger partial charge in [-0.05, 0) is 73.0 Å². The maximum atomic E-state index is 14.3. The average molecular weight is 1070 g/mol. The van der Waals surface area contributed by atoms with Gasteiger partial charge in [0.2, 0.25) is 17.7 Å². The Morgan fingerprint density at radius 3 is 2.27 bits per heavy atom. The third kappa shape index (κ3) is 12.5. The van der Waals surface area contributed by atoms with Crippen LogP contribution in [-0.2, 0) is 14.4 Å². The predicted molar refractivity (Wildman–Crippen MR) is 289 cm³/mol. The number of nitriles is 1. The van der Waals surface area contributed by atoms with E-state index in [-0.39, 0.29) is 60.9 Å². The van der Waals surface area contributed by atoms with Crippen LogP contribution in [0.1, 0.15) is 101 Å². The molecule has 8 rings (SSSR count). The molecule has 75 heavy (non-hydrogen) atoms. The van der Waals surface area contributed by atoms with Crippen LogP contribution >= 0.6 is 22.9 Å². The summed E-state index contributed by atoms with van der Waals surface area (Å²) in [6.45, 7) is 21.4. The molecular weight excluding hydrogens is 992 g/mol. The first-order chi connectivity index (χ1) is 35.6. The van der Waals surface area contributed by atoms with Gasteiger partial charge in [-0.3, -0.25) is 24.1 Å². The summed E-state index contributed by atoms with van der Waals surface area (Å²) in [5.74, 6) is 0.556. The molecule has 4 aliphatic rings. The summed E-state index contributed by atoms with van der Waals surface area (Å²) in [6, 6.07) is 15.6. The lowest BCUT2D eigenvalue weighted by Gasteiger charge is -2.63. The van der Waals surface area contributed by atoms with Crippen molar-refractivity contribution in [2.45, 2.75) is 111 Å². The zero-order valence-electron chi connectivity index (χ0n) is 44.4. The summed E-state index contributed by atoms with van der Waals surface area (Å²) in [5.41, 5.74) is 3.82. The standard InChI is InChI=1S/C56H73ClN10O7S/c1-34-47(75-33-60-34)37-11-9-36(10-12-37)43(32-68)61-50(72)44-25-40(69)30-67(44)51(73)48(54(2,3)4)62-46(70)31-65-23-21-64(22-24-65)19-17-35-18-20-66(29-35)45-16-14-39(28-59-45)49(71)63-52-55(5,6)53(56(52,7)8)74-41-15-13-38(27-58)42(57)26-41/h9-16,26,28,33,35,40,43-44,48,52-53,68-69H,17-25,29-32H2,1-8H3,(H,61,72)(H,62,70)(H,63,71)/t35?,40-,43+,44?,48-,52-,53-/m1/s1. The highest BCUT2D eigenvalue weighted by Crippen LogP contribution is 2.55. The maximum absolute atomic E-state index is 14.3. The number of nitrogens with one attached hydrogen (secondary N) is 3. The lowest BCUT2D eigenvalue weighted by Crippen LogP contribution is -2.74. The molecule has 2 aromatic carbocycles. The fourth-order valence-electron chi connectivity index (χ4n) is 11.8. The summed E-state index contributed by atoms with van der Waals surface area (Å²) in [6.07, 6.45) is 2.66. The molecule has 1 aliphatic carbocycles. The minimum Gasteiger partial charge on any atom is -0.489 e. The Bertz CT molecular complexity index is 2720. The molecule has 3 saturated heterocycles. The van der Waals surface area contributed by atoms with Crippen LogP contribution in [0.2, 0.25) is 5.02 Å². The first-order valence-electron chi connectivity index (χ1n) is 26.1. The predicted octanol–water partition coefficient (Wildman–Crippen LogP) is 5.83. The van der Waals surface area contributed by atoms with Gasteiger partial charge in [-0.25, -0.2) is 9.97 Å². The van der Waals surface area contributed by atoms with Gasteiger partial charge in [0.05, 0.1) is 57.5 Å². The number of aliphatic hydroxyl groups is 2. The lowest BCUT2D eigenvalue weighted by atomic mass is 9.49. The molecular formula is C56H73ClN10O7S. The Morgan fingerprint density at radius 1 is 0.947 bits per heavy atom. The number of carbonyl (C=O) groups is 4. The van der Waals surface area contributed by atoms with Gasteiger partial charge in [0, 0.05) is 81.4 Å². The van der Waals surface area contributed by atoms with Gasteiger partial charge in [0.15, 0.2) is 0 Å². The van der Waals surface area contributed by atoms with E-state index in [1.54, 1.807) is 29.9 Å². The van der Waals surface area contributed by atoms with E-state index in [2.05, 4.69) is 69.4 Å². The number of hydrogen-bond acceptors (Lipinski definition) is 14. The molecule has 5 N–H and O–H groups in total. The molecule has 0 bridgehead atoms. The summed E-state index contributed by atoms with van der Waals surface area (Å²) < 4.78 is 6.39. The molecule has 2 aromatic heterocycles. The third-order valence-electron chi connectivity index (χ3n) is 15.8. The van der Waals surface area contributed by atoms with Gasteiger partial charge >= 0.3 is 0 Å². The topological polar surface area (TPSA) is 217 Å². The van der Waals surface area contributed by atoms with Crippen molar-refractivity contribution in [2.24, 2.45) is 22.2 Å². The number of amides is 4. The minimum atomic E-state index is -0.980. The molecule has 17 nitrogen and oxygen atoms in total. The highest BCUT2D eigenvalue weighted by Gasteiger charge is 2.64. The Labute approximate surface area is 450 Å². The van der Waals surface area contributed by atoms with E-state index in [9.17, 15) is 34.7 Å². The van der Waals surface area contributed by atoms with Crippen molar-refractivity contribution in [1.82, 2.24) is 40.6 Å². The van der Waals surface area contributed by atoms with Gasteiger partial charge in [-0.1, -0.05) is 84.3 Å². The SMILES string of the molecule is Cc1ncsc1-c1ccc([C@H](CO)NC(=O)C2C[C@@H](O)CN2C(=O)[C@@H](NC(=O)CN2CCN(CCC3CCN(c4ccc(C(=O)N[C@H]5C(C)(C)[C@H](Oc6ccc(C#N)c(Cl)c6)C5(C)C)cn4)C3)CC2)C(C)(C)C)cc1. The number of aryl methyl sites for hydroxylation is 1. The van der Waals surface area contributed by atoms with Crippen LogP contribution in [-0.4, -0.2) is 154 Å². The maximum Gasteiger partial charge on any atom is 0.253 e. The zero-order chi connectivity index (χ0) is 54.0. The van der Waals surface area contributed by atoms with Crippen molar-refractivity contribution >= 4 is 52.4 Å². The molecule has 5 atom stereocenters. The van der Waals surface area contributed by atoms with E-state index in [4.69, 9.17) is 21.3 Å². The van der Waals surface area contributed by atoms with Crippen molar-refractivity contribution in [2.75, 3.05) is 70.4 Å². The van der Waals surface area contributed by atoms with Crippen LogP contribution in [0.15, 0.2) is 66.3 Å². The average Bonchev–Trinajstić information content (AvgIpc) is 4.18.